The molecule has 0 aliphatic carbocycles. The summed E-state index contributed by atoms with van der Waals surface area (Å²) in [5.41, 5.74) is -0.116. The third-order valence-corrected chi connectivity index (χ3v) is 2.83. The minimum atomic E-state index is -1.82. The zero-order chi connectivity index (χ0) is 16.0. The van der Waals surface area contributed by atoms with Crippen LogP contribution in [-0.4, -0.2) is 74.2 Å². The lowest BCUT2D eigenvalue weighted by Crippen LogP contribution is -2.47. The molecule has 21 heavy (non-hydrogen) atoms. The normalized spacial score (nSPS) is 16.8. The highest BCUT2D eigenvalue weighted by molar-refractivity contribution is 5.92. The van der Waals surface area contributed by atoms with Crippen LogP contribution in [0, 0.1) is 0 Å². The number of carbonyl (C=O) groups is 1. The molecule has 4 atom stereocenters. The van der Waals surface area contributed by atoms with E-state index in [9.17, 15) is 25.2 Å². The van der Waals surface area contributed by atoms with Crippen molar-refractivity contribution in [2.75, 3.05) is 13.2 Å². The third kappa shape index (κ3) is 4.66. The number of aromatic hydroxyl groups is 1. The molecule has 118 valence electrons. The molecule has 1 aromatic carbocycles. The van der Waals surface area contributed by atoms with Crippen LogP contribution in [0.2, 0.25) is 0 Å². The molecule has 0 spiro atoms. The van der Waals surface area contributed by atoms with E-state index in [0.717, 1.165) is 0 Å². The van der Waals surface area contributed by atoms with Gasteiger partial charge < -0.3 is 35.4 Å². The Morgan fingerprint density at radius 2 is 1.62 bits per heavy atom. The van der Waals surface area contributed by atoms with E-state index in [-0.39, 0.29) is 11.3 Å². The Morgan fingerprint density at radius 1 is 1.05 bits per heavy atom. The van der Waals surface area contributed by atoms with Gasteiger partial charge in [-0.25, -0.2) is 4.79 Å². The number of hydrogen-bond donors (Lipinski definition) is 6. The van der Waals surface area contributed by atoms with Crippen LogP contribution in [0.25, 0.3) is 0 Å². The second-order valence-electron chi connectivity index (χ2n) is 4.41. The van der Waals surface area contributed by atoms with Crippen LogP contribution in [-0.2, 0) is 4.74 Å². The van der Waals surface area contributed by atoms with E-state index < -0.39 is 43.6 Å². The lowest BCUT2D eigenvalue weighted by molar-refractivity contribution is -0.124. The van der Waals surface area contributed by atoms with Crippen molar-refractivity contribution in [1.29, 1.82) is 0 Å². The van der Waals surface area contributed by atoms with Gasteiger partial charge in [-0.3, -0.25) is 0 Å². The van der Waals surface area contributed by atoms with E-state index in [1.165, 1.54) is 24.3 Å². The van der Waals surface area contributed by atoms with Crippen LogP contribution in [0.3, 0.4) is 0 Å². The summed E-state index contributed by atoms with van der Waals surface area (Å²) in [5, 5.41) is 55.6. The standard InChI is InChI=1S/C13H18O8/c14-5-9(16)11(18)12(19)10(17)6-21-13(20)7-3-1-2-4-8(7)15/h1-4,9-12,14-19H,5-6H2/t9-,10+,11-,12-/m1/s1. The molecule has 0 radical (unpaired) electrons. The molecule has 0 amide bonds. The van der Waals surface area contributed by atoms with Gasteiger partial charge in [0.25, 0.3) is 0 Å². The van der Waals surface area contributed by atoms with Crippen molar-refractivity contribution in [1.82, 2.24) is 0 Å². The molecule has 0 saturated carbocycles. The molecular formula is C13H18O8. The summed E-state index contributed by atoms with van der Waals surface area (Å²) >= 11 is 0. The van der Waals surface area contributed by atoms with Crippen LogP contribution >= 0.6 is 0 Å². The fourth-order valence-electron chi connectivity index (χ4n) is 1.55. The van der Waals surface area contributed by atoms with Gasteiger partial charge in [-0.2, -0.15) is 0 Å². The lowest BCUT2D eigenvalue weighted by Gasteiger charge is -2.25. The number of ether oxygens (including phenoxy) is 1. The number of carbonyl (C=O) groups excluding carboxylic acids is 1. The van der Waals surface area contributed by atoms with Crippen LogP contribution in [0.4, 0.5) is 0 Å². The Morgan fingerprint density at radius 3 is 2.19 bits per heavy atom. The molecule has 8 nitrogen and oxygen atoms in total. The third-order valence-electron chi connectivity index (χ3n) is 2.83. The Kier molecular flexibility index (Phi) is 6.53. The van der Waals surface area contributed by atoms with Crippen molar-refractivity contribution >= 4 is 5.97 Å². The molecule has 1 aromatic rings. The number of esters is 1. The molecule has 8 heteroatoms. The summed E-state index contributed by atoms with van der Waals surface area (Å²) in [6.07, 6.45) is -6.92. The van der Waals surface area contributed by atoms with E-state index in [1.54, 1.807) is 0 Å². The van der Waals surface area contributed by atoms with Crippen LogP contribution in [0.1, 0.15) is 10.4 Å². The number of aliphatic hydroxyl groups excluding tert-OH is 5. The molecule has 0 fully saturated rings. The number of phenolic OH excluding ortho intramolecular Hbond substituents is 1. The van der Waals surface area contributed by atoms with Gasteiger partial charge in [-0.1, -0.05) is 12.1 Å². The van der Waals surface area contributed by atoms with E-state index in [1.807, 2.05) is 0 Å². The van der Waals surface area contributed by atoms with Crippen LogP contribution in [0.15, 0.2) is 24.3 Å². The maximum atomic E-state index is 11.6. The van der Waals surface area contributed by atoms with Gasteiger partial charge in [0.15, 0.2) is 0 Å². The predicted molar refractivity (Wildman–Crippen MR) is 69.5 cm³/mol. The maximum Gasteiger partial charge on any atom is 0.342 e. The maximum absolute atomic E-state index is 11.6. The largest absolute Gasteiger partial charge is 0.507 e. The highest BCUT2D eigenvalue weighted by atomic mass is 16.5. The zero-order valence-electron chi connectivity index (χ0n) is 11.0. The molecule has 0 unspecified atom stereocenters. The summed E-state index contributed by atoms with van der Waals surface area (Å²) in [5.74, 6) is -1.22. The molecule has 6 N–H and O–H groups in total. The second kappa shape index (κ2) is 7.91. The van der Waals surface area contributed by atoms with Gasteiger partial charge in [-0.15, -0.1) is 0 Å². The Hall–Kier alpha value is -1.71. The average Bonchev–Trinajstić information content (AvgIpc) is 2.50. The minimum absolute atomic E-state index is 0.116. The molecule has 1 rings (SSSR count). The Bertz CT molecular complexity index is 463. The van der Waals surface area contributed by atoms with Gasteiger partial charge >= 0.3 is 5.97 Å². The molecule has 0 aliphatic heterocycles. The molecule has 0 aliphatic rings. The topological polar surface area (TPSA) is 148 Å². The van der Waals surface area contributed by atoms with Gasteiger partial charge in [0.1, 0.15) is 42.3 Å². The van der Waals surface area contributed by atoms with Crippen molar-refractivity contribution < 1.29 is 40.2 Å². The molecule has 0 heterocycles. The second-order valence-corrected chi connectivity index (χ2v) is 4.41. The molecule has 0 saturated heterocycles. The Labute approximate surface area is 120 Å². The number of aliphatic hydroxyl groups is 5. The van der Waals surface area contributed by atoms with Gasteiger partial charge in [0.05, 0.1) is 6.61 Å². The highest BCUT2D eigenvalue weighted by Gasteiger charge is 2.30. The van der Waals surface area contributed by atoms with Crippen molar-refractivity contribution in [2.24, 2.45) is 0 Å². The van der Waals surface area contributed by atoms with Gasteiger partial charge in [-0.05, 0) is 12.1 Å². The Balaban J connectivity index is 2.55. The molecule has 0 bridgehead atoms. The summed E-state index contributed by atoms with van der Waals surface area (Å²) in [4.78, 5) is 11.6. The van der Waals surface area contributed by atoms with Crippen molar-refractivity contribution in [3.05, 3.63) is 29.8 Å². The van der Waals surface area contributed by atoms with Crippen LogP contribution in [0.5, 0.6) is 5.75 Å². The minimum Gasteiger partial charge on any atom is -0.507 e. The fourth-order valence-corrected chi connectivity index (χ4v) is 1.55. The number of hydrogen-bond acceptors (Lipinski definition) is 8. The highest BCUT2D eigenvalue weighted by Crippen LogP contribution is 2.17. The number of rotatable bonds is 7. The van der Waals surface area contributed by atoms with Gasteiger partial charge in [0.2, 0.25) is 0 Å². The predicted octanol–water partition coefficient (Wildman–Crippen LogP) is -2.02. The first kappa shape index (κ1) is 17.3. The first-order valence-corrected chi connectivity index (χ1v) is 6.16. The van der Waals surface area contributed by atoms with Gasteiger partial charge in [0, 0.05) is 0 Å². The summed E-state index contributed by atoms with van der Waals surface area (Å²) in [6, 6.07) is 5.61. The summed E-state index contributed by atoms with van der Waals surface area (Å²) in [6.45, 7) is -1.47. The van der Waals surface area contributed by atoms with Crippen molar-refractivity contribution in [2.45, 2.75) is 24.4 Å². The molecular weight excluding hydrogens is 284 g/mol. The quantitative estimate of drug-likeness (QED) is 0.316. The van der Waals surface area contributed by atoms with Crippen molar-refractivity contribution in [3.8, 4) is 5.75 Å². The SMILES string of the molecule is O=C(OC[C@H](O)[C@@H](O)[C@H](O)[C@H](O)CO)c1ccccc1O. The van der Waals surface area contributed by atoms with E-state index in [0.29, 0.717) is 0 Å². The smallest absolute Gasteiger partial charge is 0.342 e. The molecule has 0 aromatic heterocycles. The lowest BCUT2D eigenvalue weighted by atomic mass is 10.0. The first-order chi connectivity index (χ1) is 9.88. The van der Waals surface area contributed by atoms with Crippen LogP contribution < -0.4 is 0 Å². The average molecular weight is 302 g/mol. The van der Waals surface area contributed by atoms with E-state index in [2.05, 4.69) is 0 Å². The van der Waals surface area contributed by atoms with E-state index >= 15 is 0 Å². The zero-order valence-corrected chi connectivity index (χ0v) is 11.0. The monoisotopic (exact) mass is 302 g/mol. The number of phenols is 1. The number of para-hydroxylation sites is 1. The first-order valence-electron chi connectivity index (χ1n) is 6.16. The van der Waals surface area contributed by atoms with Crippen molar-refractivity contribution in [3.63, 3.8) is 0 Å². The summed E-state index contributed by atoms with van der Waals surface area (Å²) < 4.78 is 4.69. The fraction of sp³-hybridized carbons (Fsp3) is 0.462. The van der Waals surface area contributed by atoms with E-state index in [4.69, 9.17) is 14.9 Å². The number of benzene rings is 1. The summed E-state index contributed by atoms with van der Waals surface area (Å²) in [7, 11) is 0.